The molecule has 17 heavy (non-hydrogen) atoms. The van der Waals surface area contributed by atoms with E-state index in [1.807, 2.05) is 12.1 Å². The van der Waals surface area contributed by atoms with Crippen LogP contribution in [0.4, 0.5) is 5.69 Å². The summed E-state index contributed by atoms with van der Waals surface area (Å²) in [5.41, 5.74) is 1.18. The second-order valence-electron chi connectivity index (χ2n) is 4.77. The van der Waals surface area contributed by atoms with E-state index in [0.717, 1.165) is 18.1 Å². The van der Waals surface area contributed by atoms with Crippen LogP contribution in [0.15, 0.2) is 24.3 Å². The zero-order valence-corrected chi connectivity index (χ0v) is 11.4. The topological polar surface area (TPSA) is 15.3 Å². The third kappa shape index (κ3) is 2.93. The number of hydrogen-bond donors (Lipinski definition) is 1. The van der Waals surface area contributed by atoms with Crippen molar-refractivity contribution in [3.05, 3.63) is 29.3 Å². The van der Waals surface area contributed by atoms with Gasteiger partial charge in [-0.1, -0.05) is 30.7 Å². The quantitative estimate of drug-likeness (QED) is 0.888. The van der Waals surface area contributed by atoms with Gasteiger partial charge in [0.25, 0.3) is 0 Å². The third-order valence-electron chi connectivity index (χ3n) is 3.53. The Hall–Kier alpha value is -0.730. The molecule has 1 heterocycles. The highest BCUT2D eigenvalue weighted by Gasteiger charge is 2.25. The fraction of sp³-hybridized carbons (Fsp3) is 0.571. The van der Waals surface area contributed by atoms with Gasteiger partial charge in [0.15, 0.2) is 0 Å². The highest BCUT2D eigenvalue weighted by atomic mass is 35.5. The summed E-state index contributed by atoms with van der Waals surface area (Å²) < 4.78 is 0. The molecule has 1 N–H and O–H groups in total. The number of anilines is 1. The van der Waals surface area contributed by atoms with Gasteiger partial charge in [-0.05, 0) is 38.4 Å². The van der Waals surface area contributed by atoms with E-state index in [2.05, 4.69) is 36.2 Å². The molecule has 2 atom stereocenters. The minimum Gasteiger partial charge on any atom is -0.368 e. The smallest absolute Gasteiger partial charge is 0.0639 e. The lowest BCUT2D eigenvalue weighted by molar-refractivity contribution is 0.374. The lowest BCUT2D eigenvalue weighted by Gasteiger charge is -2.40. The summed E-state index contributed by atoms with van der Waals surface area (Å²) in [6, 6.07) is 9.35. The Labute approximate surface area is 109 Å². The van der Waals surface area contributed by atoms with Gasteiger partial charge in [-0.2, -0.15) is 0 Å². The fourth-order valence-corrected chi connectivity index (χ4v) is 2.93. The molecule has 1 saturated heterocycles. The highest BCUT2D eigenvalue weighted by molar-refractivity contribution is 6.33. The second-order valence-corrected chi connectivity index (χ2v) is 5.18. The van der Waals surface area contributed by atoms with Crippen molar-refractivity contribution in [2.45, 2.75) is 38.8 Å². The number of para-hydroxylation sites is 1. The maximum atomic E-state index is 6.26. The van der Waals surface area contributed by atoms with E-state index in [4.69, 9.17) is 11.6 Å². The van der Waals surface area contributed by atoms with Crippen molar-refractivity contribution in [2.75, 3.05) is 18.0 Å². The van der Waals surface area contributed by atoms with Crippen LogP contribution < -0.4 is 10.2 Å². The van der Waals surface area contributed by atoms with Crippen molar-refractivity contribution in [3.8, 4) is 0 Å². The summed E-state index contributed by atoms with van der Waals surface area (Å²) in [7, 11) is 0. The molecule has 1 fully saturated rings. The Kier molecular flexibility index (Phi) is 4.30. The molecule has 1 aromatic rings. The Morgan fingerprint density at radius 1 is 1.41 bits per heavy atom. The summed E-state index contributed by atoms with van der Waals surface area (Å²) in [4.78, 5) is 2.43. The fourth-order valence-electron chi connectivity index (χ4n) is 2.69. The van der Waals surface area contributed by atoms with Gasteiger partial charge >= 0.3 is 0 Å². The molecule has 0 aromatic heterocycles. The Morgan fingerprint density at radius 3 is 2.82 bits per heavy atom. The zero-order valence-electron chi connectivity index (χ0n) is 10.6. The van der Waals surface area contributed by atoms with Gasteiger partial charge < -0.3 is 10.2 Å². The van der Waals surface area contributed by atoms with Crippen LogP contribution in [0.5, 0.6) is 0 Å². The van der Waals surface area contributed by atoms with Gasteiger partial charge in [-0.25, -0.2) is 0 Å². The van der Waals surface area contributed by atoms with Crippen molar-refractivity contribution in [3.63, 3.8) is 0 Å². The molecule has 1 aliphatic heterocycles. The van der Waals surface area contributed by atoms with Gasteiger partial charge in [0.2, 0.25) is 0 Å². The predicted octanol–water partition coefficient (Wildman–Crippen LogP) is 3.31. The summed E-state index contributed by atoms with van der Waals surface area (Å²) in [5, 5.41) is 4.40. The molecule has 1 aromatic carbocycles. The first kappa shape index (κ1) is 12.7. The lowest BCUT2D eigenvalue weighted by atomic mass is 9.97. The molecule has 2 nitrogen and oxygen atoms in total. The van der Waals surface area contributed by atoms with Gasteiger partial charge in [0, 0.05) is 18.6 Å². The normalized spacial score (nSPS) is 25.0. The summed E-state index contributed by atoms with van der Waals surface area (Å²) in [5.74, 6) is 0. The molecule has 1 aliphatic rings. The number of piperidine rings is 1. The van der Waals surface area contributed by atoms with Crippen LogP contribution in [0.3, 0.4) is 0 Å². The number of hydrogen-bond acceptors (Lipinski definition) is 2. The first-order valence-corrected chi connectivity index (χ1v) is 6.84. The predicted molar refractivity (Wildman–Crippen MR) is 75.0 cm³/mol. The summed E-state index contributed by atoms with van der Waals surface area (Å²) in [6.07, 6.45) is 2.39. The molecule has 0 aliphatic carbocycles. The monoisotopic (exact) mass is 252 g/mol. The van der Waals surface area contributed by atoms with Gasteiger partial charge in [-0.15, -0.1) is 0 Å². The van der Waals surface area contributed by atoms with Crippen LogP contribution in [0.1, 0.15) is 26.7 Å². The van der Waals surface area contributed by atoms with E-state index in [0.29, 0.717) is 12.1 Å². The molecule has 3 heteroatoms. The van der Waals surface area contributed by atoms with Crippen LogP contribution in [0, 0.1) is 0 Å². The molecular formula is C14H21ClN2. The number of nitrogens with zero attached hydrogens (tertiary/aromatic N) is 1. The van der Waals surface area contributed by atoms with Gasteiger partial charge in [0.1, 0.15) is 0 Å². The van der Waals surface area contributed by atoms with E-state index in [9.17, 15) is 0 Å². The van der Waals surface area contributed by atoms with E-state index < -0.39 is 0 Å². The van der Waals surface area contributed by atoms with Crippen LogP contribution in [-0.4, -0.2) is 25.2 Å². The second kappa shape index (κ2) is 5.74. The van der Waals surface area contributed by atoms with E-state index in [1.165, 1.54) is 18.5 Å². The van der Waals surface area contributed by atoms with Crippen LogP contribution in [0.2, 0.25) is 5.02 Å². The lowest BCUT2D eigenvalue weighted by Crippen LogP contribution is -2.47. The van der Waals surface area contributed by atoms with Crippen LogP contribution >= 0.6 is 11.6 Å². The van der Waals surface area contributed by atoms with Crippen molar-refractivity contribution >= 4 is 17.3 Å². The van der Waals surface area contributed by atoms with E-state index >= 15 is 0 Å². The highest BCUT2D eigenvalue weighted by Crippen LogP contribution is 2.30. The minimum atomic E-state index is 0.549. The Morgan fingerprint density at radius 2 is 2.18 bits per heavy atom. The zero-order chi connectivity index (χ0) is 12.3. The maximum absolute atomic E-state index is 6.26. The summed E-state index contributed by atoms with van der Waals surface area (Å²) >= 11 is 6.26. The first-order valence-electron chi connectivity index (χ1n) is 6.47. The van der Waals surface area contributed by atoms with E-state index in [-0.39, 0.29) is 0 Å². The largest absolute Gasteiger partial charge is 0.368 e. The SMILES string of the molecule is CCNC1CCN(c2ccccc2Cl)C(C)C1. The van der Waals surface area contributed by atoms with Crippen molar-refractivity contribution < 1.29 is 0 Å². The molecule has 2 rings (SSSR count). The third-order valence-corrected chi connectivity index (χ3v) is 3.85. The molecule has 94 valence electrons. The number of nitrogens with one attached hydrogen (secondary N) is 1. The Bertz CT molecular complexity index is 367. The molecule has 2 unspecified atom stereocenters. The number of benzene rings is 1. The minimum absolute atomic E-state index is 0.549. The molecule has 0 bridgehead atoms. The molecule has 0 spiro atoms. The molecular weight excluding hydrogens is 232 g/mol. The van der Waals surface area contributed by atoms with Gasteiger partial charge in [-0.3, -0.25) is 0 Å². The standard InChI is InChI=1S/C14H21ClN2/c1-3-16-12-8-9-17(11(2)10-12)14-7-5-4-6-13(14)15/h4-7,11-12,16H,3,8-10H2,1-2H3. The first-order chi connectivity index (χ1) is 8.22. The average molecular weight is 253 g/mol. The van der Waals surface area contributed by atoms with Crippen molar-refractivity contribution in [1.82, 2.24) is 5.32 Å². The molecule has 0 amide bonds. The summed E-state index contributed by atoms with van der Waals surface area (Å²) in [6.45, 7) is 6.60. The van der Waals surface area contributed by atoms with Crippen LogP contribution in [0.25, 0.3) is 0 Å². The molecule has 0 radical (unpaired) electrons. The van der Waals surface area contributed by atoms with E-state index in [1.54, 1.807) is 0 Å². The average Bonchev–Trinajstić information content (AvgIpc) is 2.31. The number of halogens is 1. The van der Waals surface area contributed by atoms with Crippen molar-refractivity contribution in [1.29, 1.82) is 0 Å². The maximum Gasteiger partial charge on any atom is 0.0639 e. The molecule has 0 saturated carbocycles. The van der Waals surface area contributed by atoms with Gasteiger partial charge in [0.05, 0.1) is 10.7 Å². The van der Waals surface area contributed by atoms with Crippen molar-refractivity contribution in [2.24, 2.45) is 0 Å². The number of rotatable bonds is 3. The van der Waals surface area contributed by atoms with Crippen LogP contribution in [-0.2, 0) is 0 Å². The Balaban J connectivity index is 2.07.